The summed E-state index contributed by atoms with van der Waals surface area (Å²) in [6, 6.07) is 3.35. The van der Waals surface area contributed by atoms with Gasteiger partial charge in [-0.05, 0) is 36.8 Å². The fraction of sp³-hybridized carbons (Fsp3) is 0.286. The highest BCUT2D eigenvalue weighted by Crippen LogP contribution is 2.34. The maximum atomic E-state index is 12.1. The summed E-state index contributed by atoms with van der Waals surface area (Å²) < 4.78 is 10.4. The fourth-order valence-corrected chi connectivity index (χ4v) is 2.53. The van der Waals surface area contributed by atoms with Crippen LogP contribution in [0.4, 0.5) is 0 Å². The first-order chi connectivity index (χ1) is 10.0. The minimum absolute atomic E-state index is 0.173. The van der Waals surface area contributed by atoms with Crippen molar-refractivity contribution in [3.8, 4) is 11.5 Å². The summed E-state index contributed by atoms with van der Waals surface area (Å²) in [6.07, 6.45) is 1.65. The zero-order chi connectivity index (χ0) is 15.6. The number of halogens is 1. The predicted octanol–water partition coefficient (Wildman–Crippen LogP) is 2.43. The van der Waals surface area contributed by atoms with E-state index in [9.17, 15) is 4.79 Å². The van der Waals surface area contributed by atoms with E-state index in [1.807, 2.05) is 6.92 Å². The number of ether oxygens (including phenoxy) is 2. The Balaban J connectivity index is 2.42. The summed E-state index contributed by atoms with van der Waals surface area (Å²) in [4.78, 5) is 13.6. The Kier molecular flexibility index (Phi) is 4.69. The average Bonchev–Trinajstić information content (AvgIpc) is 2.74. The number of amides is 1. The van der Waals surface area contributed by atoms with E-state index in [0.717, 1.165) is 0 Å². The normalized spacial score (nSPS) is 16.4. The second-order valence-electron chi connectivity index (χ2n) is 4.27. The lowest BCUT2D eigenvalue weighted by Crippen LogP contribution is -2.30. The van der Waals surface area contributed by atoms with Gasteiger partial charge in [0.15, 0.2) is 16.6 Å². The summed E-state index contributed by atoms with van der Waals surface area (Å²) in [5.41, 5.74) is 1.03. The number of nitrogens with one attached hydrogen (secondary N) is 1. The molecule has 1 saturated heterocycles. The Labute approximate surface area is 133 Å². The summed E-state index contributed by atoms with van der Waals surface area (Å²) in [5, 5.41) is 3.73. The van der Waals surface area contributed by atoms with Crippen molar-refractivity contribution in [3.05, 3.63) is 28.4 Å². The monoisotopic (exact) mass is 326 g/mol. The first-order valence-electron chi connectivity index (χ1n) is 6.27. The third-order valence-corrected chi connectivity index (χ3v) is 3.73. The topological polar surface area (TPSA) is 50.8 Å². The van der Waals surface area contributed by atoms with E-state index >= 15 is 0 Å². The number of thiocarbonyl (C=S) groups is 1. The molecule has 0 radical (unpaired) electrons. The molecule has 1 amide bonds. The molecule has 21 heavy (non-hydrogen) atoms. The van der Waals surface area contributed by atoms with Gasteiger partial charge < -0.3 is 14.8 Å². The van der Waals surface area contributed by atoms with E-state index in [0.29, 0.717) is 39.4 Å². The average molecular weight is 327 g/mol. The Morgan fingerprint density at radius 1 is 1.33 bits per heavy atom. The number of benzene rings is 1. The van der Waals surface area contributed by atoms with Crippen molar-refractivity contribution in [3.63, 3.8) is 0 Å². The number of carbonyl (C=O) groups excluding carboxylic acids is 1. The molecule has 112 valence electrons. The van der Waals surface area contributed by atoms with Crippen LogP contribution in [0.5, 0.6) is 11.5 Å². The molecule has 1 aliphatic heterocycles. The lowest BCUT2D eigenvalue weighted by molar-refractivity contribution is -0.122. The molecule has 0 atom stereocenters. The molecular formula is C14H15ClN2O3S. The predicted molar refractivity (Wildman–Crippen MR) is 85.7 cm³/mol. The number of likely N-dealkylation sites (N-methyl/N-ethyl adjacent to an activating group) is 1. The van der Waals surface area contributed by atoms with E-state index in [1.165, 1.54) is 19.1 Å². The van der Waals surface area contributed by atoms with Crippen molar-refractivity contribution in [2.24, 2.45) is 0 Å². The zero-order valence-electron chi connectivity index (χ0n) is 11.9. The molecule has 7 heteroatoms. The zero-order valence-corrected chi connectivity index (χ0v) is 13.5. The molecule has 1 aromatic carbocycles. The molecule has 5 nitrogen and oxygen atoms in total. The largest absolute Gasteiger partial charge is 0.493 e. The summed E-state index contributed by atoms with van der Waals surface area (Å²) >= 11 is 11.3. The van der Waals surface area contributed by atoms with Gasteiger partial charge in [-0.2, -0.15) is 0 Å². The SMILES string of the molecule is CCN1C(=O)C(=Cc2cc(OC)c(OC)cc2Cl)NC1=S. The van der Waals surface area contributed by atoms with Crippen LogP contribution in [-0.4, -0.2) is 36.7 Å². The molecular weight excluding hydrogens is 312 g/mol. The van der Waals surface area contributed by atoms with E-state index < -0.39 is 0 Å². The van der Waals surface area contributed by atoms with E-state index in [4.69, 9.17) is 33.3 Å². The van der Waals surface area contributed by atoms with Crippen molar-refractivity contribution in [2.75, 3.05) is 20.8 Å². The van der Waals surface area contributed by atoms with Crippen LogP contribution in [0.1, 0.15) is 12.5 Å². The number of rotatable bonds is 4. The number of hydrogen-bond donors (Lipinski definition) is 1. The number of hydrogen-bond acceptors (Lipinski definition) is 4. The Bertz CT molecular complexity index is 631. The van der Waals surface area contributed by atoms with Gasteiger partial charge in [-0.3, -0.25) is 9.69 Å². The molecule has 0 bridgehead atoms. The van der Waals surface area contributed by atoms with Crippen molar-refractivity contribution < 1.29 is 14.3 Å². The van der Waals surface area contributed by atoms with Crippen molar-refractivity contribution in [1.82, 2.24) is 10.2 Å². The Morgan fingerprint density at radius 3 is 2.48 bits per heavy atom. The highest BCUT2D eigenvalue weighted by atomic mass is 35.5. The van der Waals surface area contributed by atoms with Crippen molar-refractivity contribution in [1.29, 1.82) is 0 Å². The van der Waals surface area contributed by atoms with Crippen LogP contribution in [0, 0.1) is 0 Å². The smallest absolute Gasteiger partial charge is 0.276 e. The van der Waals surface area contributed by atoms with Gasteiger partial charge in [0.25, 0.3) is 5.91 Å². The van der Waals surface area contributed by atoms with Gasteiger partial charge in [0, 0.05) is 12.6 Å². The van der Waals surface area contributed by atoms with Gasteiger partial charge in [-0.25, -0.2) is 0 Å². The molecule has 1 aliphatic rings. The molecule has 0 saturated carbocycles. The number of carbonyl (C=O) groups is 1. The van der Waals surface area contributed by atoms with Crippen LogP contribution in [0.25, 0.3) is 6.08 Å². The van der Waals surface area contributed by atoms with Crippen LogP contribution >= 0.6 is 23.8 Å². The Hall–Kier alpha value is -1.79. The van der Waals surface area contributed by atoms with E-state index in [2.05, 4.69) is 5.32 Å². The lowest BCUT2D eigenvalue weighted by atomic mass is 10.1. The third-order valence-electron chi connectivity index (χ3n) is 3.08. The van der Waals surface area contributed by atoms with Crippen molar-refractivity contribution >= 4 is 40.9 Å². The molecule has 0 aromatic heterocycles. The van der Waals surface area contributed by atoms with Gasteiger partial charge in [0.05, 0.1) is 19.2 Å². The highest BCUT2D eigenvalue weighted by Gasteiger charge is 2.29. The second-order valence-corrected chi connectivity index (χ2v) is 5.06. The minimum Gasteiger partial charge on any atom is -0.493 e. The highest BCUT2D eigenvalue weighted by molar-refractivity contribution is 7.80. The van der Waals surface area contributed by atoms with Crippen LogP contribution < -0.4 is 14.8 Å². The van der Waals surface area contributed by atoms with E-state index in [-0.39, 0.29) is 5.91 Å². The maximum absolute atomic E-state index is 12.1. The molecule has 1 heterocycles. The van der Waals surface area contributed by atoms with Crippen LogP contribution in [-0.2, 0) is 4.79 Å². The standard InChI is InChI=1S/C14H15ClN2O3S/c1-4-17-13(18)10(16-14(17)21)5-8-6-11(19-2)12(20-3)7-9(8)15/h5-7H,4H2,1-3H3,(H,16,21). The van der Waals surface area contributed by atoms with E-state index in [1.54, 1.807) is 18.2 Å². The number of methoxy groups -OCH3 is 2. The van der Waals surface area contributed by atoms with Gasteiger partial charge >= 0.3 is 0 Å². The number of nitrogens with zero attached hydrogens (tertiary/aromatic N) is 1. The fourth-order valence-electron chi connectivity index (χ4n) is 1.99. The van der Waals surface area contributed by atoms with Gasteiger partial charge in [-0.1, -0.05) is 11.6 Å². The lowest BCUT2D eigenvalue weighted by Gasteiger charge is -2.10. The Morgan fingerprint density at radius 2 is 1.95 bits per heavy atom. The van der Waals surface area contributed by atoms with Gasteiger partial charge in [0.1, 0.15) is 5.70 Å². The molecule has 1 fully saturated rings. The molecule has 0 aliphatic carbocycles. The summed E-state index contributed by atoms with van der Waals surface area (Å²) in [5.74, 6) is 0.892. The quantitative estimate of drug-likeness (QED) is 0.680. The summed E-state index contributed by atoms with van der Waals surface area (Å²) in [7, 11) is 3.07. The van der Waals surface area contributed by atoms with Gasteiger partial charge in [-0.15, -0.1) is 0 Å². The minimum atomic E-state index is -0.173. The molecule has 2 rings (SSSR count). The van der Waals surface area contributed by atoms with Crippen molar-refractivity contribution in [2.45, 2.75) is 6.92 Å². The van der Waals surface area contributed by atoms with Crippen LogP contribution in [0.3, 0.4) is 0 Å². The third kappa shape index (κ3) is 2.96. The first kappa shape index (κ1) is 15.6. The van der Waals surface area contributed by atoms with Crippen LogP contribution in [0.15, 0.2) is 17.8 Å². The van der Waals surface area contributed by atoms with Crippen LogP contribution in [0.2, 0.25) is 5.02 Å². The molecule has 1 N–H and O–H groups in total. The molecule has 0 unspecified atom stereocenters. The maximum Gasteiger partial charge on any atom is 0.276 e. The van der Waals surface area contributed by atoms with Gasteiger partial charge in [0.2, 0.25) is 0 Å². The first-order valence-corrected chi connectivity index (χ1v) is 7.06. The molecule has 0 spiro atoms. The second kappa shape index (κ2) is 6.32. The molecule has 1 aromatic rings. The summed E-state index contributed by atoms with van der Waals surface area (Å²) in [6.45, 7) is 2.37.